The summed E-state index contributed by atoms with van der Waals surface area (Å²) in [5.74, 6) is 1.65. The Labute approximate surface area is 132 Å². The average molecular weight is 318 g/mol. The fourth-order valence-electron chi connectivity index (χ4n) is 3.76. The molecule has 1 atom stereocenters. The Hall–Kier alpha value is -1.73. The van der Waals surface area contributed by atoms with E-state index in [1.807, 2.05) is 28.7 Å². The van der Waals surface area contributed by atoms with Crippen LogP contribution >= 0.6 is 11.3 Å². The molecular formula is C15H18N4O2S. The Balaban J connectivity index is 1.53. The number of likely N-dealkylation sites (N-methyl/N-ethyl adjacent to an activating group) is 1. The van der Waals surface area contributed by atoms with Gasteiger partial charge in [-0.25, -0.2) is 0 Å². The summed E-state index contributed by atoms with van der Waals surface area (Å²) in [6.07, 6.45) is 0. The van der Waals surface area contributed by atoms with Crippen molar-refractivity contribution in [3.05, 3.63) is 34.2 Å². The minimum Gasteiger partial charge on any atom is -0.425 e. The Kier molecular flexibility index (Phi) is 3.09. The van der Waals surface area contributed by atoms with Crippen LogP contribution in [0.15, 0.2) is 21.2 Å². The van der Waals surface area contributed by atoms with Gasteiger partial charge in [-0.2, -0.15) is 11.3 Å². The molecule has 6 nitrogen and oxygen atoms in total. The lowest BCUT2D eigenvalue weighted by Gasteiger charge is -2.50. The largest absolute Gasteiger partial charge is 0.425 e. The van der Waals surface area contributed by atoms with Crippen molar-refractivity contribution in [1.82, 2.24) is 20.0 Å². The third kappa shape index (κ3) is 2.07. The number of aryl methyl sites for hydroxylation is 1. The number of hydrogen-bond acceptors (Lipinski definition) is 6. The summed E-state index contributed by atoms with van der Waals surface area (Å²) in [6.45, 7) is 5.21. The van der Waals surface area contributed by atoms with Crippen LogP contribution in [0, 0.1) is 12.3 Å². The number of aromatic nitrogens is 2. The van der Waals surface area contributed by atoms with Crippen LogP contribution in [0.4, 0.5) is 0 Å². The number of amides is 1. The van der Waals surface area contributed by atoms with Gasteiger partial charge in [-0.3, -0.25) is 4.79 Å². The molecule has 0 saturated carbocycles. The number of nitrogens with zero attached hydrogens (tertiary/aromatic N) is 4. The molecule has 0 N–H and O–H groups in total. The van der Waals surface area contributed by atoms with Gasteiger partial charge in [-0.15, -0.1) is 10.2 Å². The first kappa shape index (κ1) is 13.9. The van der Waals surface area contributed by atoms with E-state index in [1.54, 1.807) is 11.3 Å². The minimum atomic E-state index is 0.0550. The molecule has 2 saturated heterocycles. The van der Waals surface area contributed by atoms with Crippen LogP contribution in [0.3, 0.4) is 0 Å². The first-order valence-corrected chi connectivity index (χ1v) is 8.32. The molecule has 1 unspecified atom stereocenters. The van der Waals surface area contributed by atoms with Gasteiger partial charge < -0.3 is 14.2 Å². The van der Waals surface area contributed by atoms with Crippen LogP contribution in [-0.4, -0.2) is 59.1 Å². The fraction of sp³-hybridized carbons (Fsp3) is 0.533. The monoisotopic (exact) mass is 318 g/mol. The average Bonchev–Trinajstić information content (AvgIpc) is 3.14. The third-order valence-electron chi connectivity index (χ3n) is 4.72. The van der Waals surface area contributed by atoms with E-state index in [-0.39, 0.29) is 17.2 Å². The molecule has 0 radical (unpaired) electrons. The predicted molar refractivity (Wildman–Crippen MR) is 81.9 cm³/mol. The molecule has 1 spiro atoms. The lowest BCUT2D eigenvalue weighted by molar-refractivity contribution is 0.000531. The second kappa shape index (κ2) is 4.89. The van der Waals surface area contributed by atoms with Crippen molar-refractivity contribution >= 4 is 17.2 Å². The molecule has 22 heavy (non-hydrogen) atoms. The molecule has 0 aliphatic carbocycles. The zero-order chi connectivity index (χ0) is 15.3. The van der Waals surface area contributed by atoms with Crippen LogP contribution in [0.2, 0.25) is 0 Å². The molecule has 1 amide bonds. The summed E-state index contributed by atoms with van der Waals surface area (Å²) in [7, 11) is 2.11. The normalized spacial score (nSPS) is 23.9. The maximum atomic E-state index is 12.4. The highest BCUT2D eigenvalue weighted by Gasteiger charge is 2.56. The first-order valence-electron chi connectivity index (χ1n) is 7.37. The topological polar surface area (TPSA) is 62.5 Å². The lowest BCUT2D eigenvalue weighted by Crippen LogP contribution is -2.61. The van der Waals surface area contributed by atoms with E-state index in [2.05, 4.69) is 22.1 Å². The van der Waals surface area contributed by atoms with Gasteiger partial charge in [0.05, 0.1) is 11.5 Å². The molecule has 4 heterocycles. The van der Waals surface area contributed by atoms with Gasteiger partial charge in [0, 0.05) is 43.9 Å². The molecule has 7 heteroatoms. The van der Waals surface area contributed by atoms with Crippen LogP contribution in [0.5, 0.6) is 0 Å². The quantitative estimate of drug-likeness (QED) is 0.842. The summed E-state index contributed by atoms with van der Waals surface area (Å²) >= 11 is 1.56. The fourth-order valence-corrected chi connectivity index (χ4v) is 4.39. The van der Waals surface area contributed by atoms with Gasteiger partial charge in [-0.1, -0.05) is 0 Å². The molecule has 2 aromatic rings. The number of hydrogen-bond donors (Lipinski definition) is 0. The van der Waals surface area contributed by atoms with Crippen molar-refractivity contribution in [2.45, 2.75) is 12.8 Å². The first-order chi connectivity index (χ1) is 10.6. The van der Waals surface area contributed by atoms with Crippen molar-refractivity contribution in [1.29, 1.82) is 0 Å². The van der Waals surface area contributed by atoms with E-state index in [9.17, 15) is 4.79 Å². The molecule has 116 valence electrons. The molecule has 2 aliphatic rings. The lowest BCUT2D eigenvalue weighted by atomic mass is 9.71. The maximum absolute atomic E-state index is 12.4. The molecule has 2 aromatic heterocycles. The Morgan fingerprint density at radius 2 is 2.23 bits per heavy atom. The van der Waals surface area contributed by atoms with Crippen molar-refractivity contribution in [3.8, 4) is 0 Å². The van der Waals surface area contributed by atoms with Gasteiger partial charge in [0.25, 0.3) is 5.91 Å². The SMILES string of the molecule is Cc1nnc(C2CN(C)CC23CN(C(=O)c2ccsc2)C3)o1. The third-order valence-corrected chi connectivity index (χ3v) is 5.41. The number of thiophene rings is 1. The van der Waals surface area contributed by atoms with Crippen LogP contribution < -0.4 is 0 Å². The minimum absolute atomic E-state index is 0.0550. The molecule has 0 bridgehead atoms. The van der Waals surface area contributed by atoms with E-state index in [1.165, 1.54) is 0 Å². The summed E-state index contributed by atoms with van der Waals surface area (Å²) in [5.41, 5.74) is 0.843. The standard InChI is InChI=1S/C15H18N4O2S/c1-10-16-17-13(21-10)12-5-18(2)7-15(12)8-19(9-15)14(20)11-3-4-22-6-11/h3-4,6,12H,5,7-9H2,1-2H3. The molecule has 2 aliphatic heterocycles. The van der Waals surface area contributed by atoms with E-state index in [4.69, 9.17) is 4.42 Å². The van der Waals surface area contributed by atoms with Crippen LogP contribution in [0.1, 0.15) is 28.1 Å². The second-order valence-electron chi connectivity index (χ2n) is 6.44. The Morgan fingerprint density at radius 3 is 2.86 bits per heavy atom. The van der Waals surface area contributed by atoms with Crippen molar-refractivity contribution in [3.63, 3.8) is 0 Å². The highest BCUT2D eigenvalue weighted by atomic mass is 32.1. The summed E-state index contributed by atoms with van der Waals surface area (Å²) in [4.78, 5) is 16.6. The van der Waals surface area contributed by atoms with E-state index in [0.29, 0.717) is 11.8 Å². The smallest absolute Gasteiger partial charge is 0.254 e. The predicted octanol–water partition coefficient (Wildman–Crippen LogP) is 1.61. The summed E-state index contributed by atoms with van der Waals surface area (Å²) < 4.78 is 5.66. The summed E-state index contributed by atoms with van der Waals surface area (Å²) in [6, 6.07) is 1.89. The van der Waals surface area contributed by atoms with Gasteiger partial charge >= 0.3 is 0 Å². The van der Waals surface area contributed by atoms with Crippen LogP contribution in [0.25, 0.3) is 0 Å². The summed E-state index contributed by atoms with van der Waals surface area (Å²) in [5, 5.41) is 12.0. The van der Waals surface area contributed by atoms with Crippen molar-refractivity contribution in [2.24, 2.45) is 5.41 Å². The van der Waals surface area contributed by atoms with Crippen LogP contribution in [-0.2, 0) is 0 Å². The number of rotatable bonds is 2. The molecule has 4 rings (SSSR count). The van der Waals surface area contributed by atoms with Crippen molar-refractivity contribution < 1.29 is 9.21 Å². The second-order valence-corrected chi connectivity index (χ2v) is 7.22. The number of carbonyl (C=O) groups excluding carboxylic acids is 1. The van der Waals surface area contributed by atoms with Gasteiger partial charge in [-0.05, 0) is 18.5 Å². The Bertz CT molecular complexity index is 690. The highest BCUT2D eigenvalue weighted by Crippen LogP contribution is 2.48. The van der Waals surface area contributed by atoms with Gasteiger partial charge in [0.15, 0.2) is 0 Å². The van der Waals surface area contributed by atoms with E-state index < -0.39 is 0 Å². The number of carbonyl (C=O) groups is 1. The zero-order valence-electron chi connectivity index (χ0n) is 12.7. The zero-order valence-corrected chi connectivity index (χ0v) is 13.5. The molecule has 0 aromatic carbocycles. The van der Waals surface area contributed by atoms with Gasteiger partial charge in [0.1, 0.15) is 0 Å². The highest BCUT2D eigenvalue weighted by molar-refractivity contribution is 7.08. The maximum Gasteiger partial charge on any atom is 0.254 e. The Morgan fingerprint density at radius 1 is 1.41 bits per heavy atom. The molecular weight excluding hydrogens is 300 g/mol. The van der Waals surface area contributed by atoms with E-state index in [0.717, 1.165) is 31.7 Å². The van der Waals surface area contributed by atoms with E-state index >= 15 is 0 Å². The van der Waals surface area contributed by atoms with Gasteiger partial charge in [0.2, 0.25) is 11.8 Å². The molecule has 2 fully saturated rings. The number of likely N-dealkylation sites (tertiary alicyclic amines) is 2. The van der Waals surface area contributed by atoms with Crippen molar-refractivity contribution in [2.75, 3.05) is 33.2 Å².